The van der Waals surface area contributed by atoms with Gasteiger partial charge in [0.05, 0.1) is 6.61 Å². The summed E-state index contributed by atoms with van der Waals surface area (Å²) in [4.78, 5) is 5.15. The predicted octanol–water partition coefficient (Wildman–Crippen LogP) is 2.75. The number of rotatable bonds is 3. The number of aliphatic hydroxyl groups excluding tert-OH is 1. The van der Waals surface area contributed by atoms with Crippen molar-refractivity contribution < 1.29 is 5.11 Å². The zero-order valence-corrected chi connectivity index (χ0v) is 14.7. The van der Waals surface area contributed by atoms with E-state index in [1.807, 2.05) is 0 Å². The van der Waals surface area contributed by atoms with E-state index in [9.17, 15) is 0 Å². The van der Waals surface area contributed by atoms with Crippen molar-refractivity contribution in [1.82, 2.24) is 9.80 Å². The summed E-state index contributed by atoms with van der Waals surface area (Å²) >= 11 is 3.64. The van der Waals surface area contributed by atoms with E-state index in [-0.39, 0.29) is 0 Å². The van der Waals surface area contributed by atoms with Crippen LogP contribution in [0.3, 0.4) is 0 Å². The second-order valence-corrected chi connectivity index (χ2v) is 8.20. The fourth-order valence-electron chi connectivity index (χ4n) is 4.41. The molecule has 0 radical (unpaired) electrons. The highest BCUT2D eigenvalue weighted by atomic mass is 79.9. The van der Waals surface area contributed by atoms with Crippen molar-refractivity contribution >= 4 is 15.9 Å². The minimum atomic E-state index is 0.291. The Balaban J connectivity index is 1.48. The third-order valence-electron chi connectivity index (χ3n) is 5.87. The van der Waals surface area contributed by atoms with E-state index < -0.39 is 0 Å². The summed E-state index contributed by atoms with van der Waals surface area (Å²) in [6.45, 7) is 5.78. The molecule has 1 N–H and O–H groups in total. The molecule has 1 aromatic rings. The monoisotopic (exact) mass is 364 g/mol. The summed E-state index contributed by atoms with van der Waals surface area (Å²) in [5.74, 6) is 0. The number of β-amino-alcohol motifs (C(OH)–C–C–N with tert-alkyl or cyclic N) is 1. The highest BCUT2D eigenvalue weighted by Gasteiger charge is 2.50. The summed E-state index contributed by atoms with van der Waals surface area (Å²) in [5, 5.41) is 9.09. The lowest BCUT2D eigenvalue weighted by molar-refractivity contribution is 0.0786. The smallest absolute Gasteiger partial charge is 0.0558 e. The number of benzene rings is 1. The molecule has 1 saturated heterocycles. The minimum Gasteiger partial charge on any atom is -0.395 e. The highest BCUT2D eigenvalue weighted by molar-refractivity contribution is 9.10. The van der Waals surface area contributed by atoms with Crippen LogP contribution in [0.15, 0.2) is 22.7 Å². The third kappa shape index (κ3) is 2.75. The van der Waals surface area contributed by atoms with Crippen molar-refractivity contribution in [1.29, 1.82) is 0 Å². The summed E-state index contributed by atoms with van der Waals surface area (Å²) in [6, 6.07) is 7.61. The Morgan fingerprint density at radius 1 is 1.23 bits per heavy atom. The molecule has 3 nitrogen and oxygen atoms in total. The van der Waals surface area contributed by atoms with Crippen molar-refractivity contribution in [2.45, 2.75) is 43.7 Å². The molecule has 1 aliphatic carbocycles. The van der Waals surface area contributed by atoms with Crippen molar-refractivity contribution in [3.05, 3.63) is 33.8 Å². The second kappa shape index (κ2) is 5.90. The zero-order valence-electron chi connectivity index (χ0n) is 13.1. The van der Waals surface area contributed by atoms with Gasteiger partial charge in [-0.3, -0.25) is 4.90 Å². The van der Waals surface area contributed by atoms with Gasteiger partial charge in [-0.1, -0.05) is 22.0 Å². The predicted molar refractivity (Wildman–Crippen MR) is 92.0 cm³/mol. The standard InChI is InChI=1S/C18H25BrN2O/c19-15-2-1-14-12-21(13-18(5-6-18)17(14)11-15)16-3-7-20(8-4-16)9-10-22/h1-2,11,16,22H,3-10,12-13H2. The van der Waals surface area contributed by atoms with Gasteiger partial charge in [0.1, 0.15) is 0 Å². The van der Waals surface area contributed by atoms with Gasteiger partial charge >= 0.3 is 0 Å². The van der Waals surface area contributed by atoms with Crippen LogP contribution in [0.1, 0.15) is 36.8 Å². The first-order valence-electron chi connectivity index (χ1n) is 8.56. The van der Waals surface area contributed by atoms with E-state index in [1.165, 1.54) is 36.7 Å². The Labute approximate surface area is 141 Å². The highest BCUT2D eigenvalue weighted by Crippen LogP contribution is 2.53. The average Bonchev–Trinajstić information content (AvgIpc) is 3.29. The van der Waals surface area contributed by atoms with Gasteiger partial charge in [0.15, 0.2) is 0 Å². The normalized spacial score (nSPS) is 25.4. The van der Waals surface area contributed by atoms with Crippen LogP contribution >= 0.6 is 15.9 Å². The molecule has 0 atom stereocenters. The Bertz CT molecular complexity index is 550. The van der Waals surface area contributed by atoms with Gasteiger partial charge in [0.25, 0.3) is 0 Å². The Kier molecular flexibility index (Phi) is 4.05. The molecule has 0 aromatic heterocycles. The van der Waals surface area contributed by atoms with Gasteiger partial charge in [-0.25, -0.2) is 0 Å². The number of aliphatic hydroxyl groups is 1. The molecule has 2 fully saturated rings. The van der Waals surface area contributed by atoms with Crippen LogP contribution in [0.25, 0.3) is 0 Å². The van der Waals surface area contributed by atoms with E-state index >= 15 is 0 Å². The topological polar surface area (TPSA) is 26.7 Å². The number of halogens is 1. The van der Waals surface area contributed by atoms with Crippen LogP contribution in [0.5, 0.6) is 0 Å². The number of likely N-dealkylation sites (tertiary alicyclic amines) is 1. The molecule has 2 aliphatic heterocycles. The molecule has 22 heavy (non-hydrogen) atoms. The van der Waals surface area contributed by atoms with Crippen LogP contribution in [-0.4, -0.2) is 53.7 Å². The van der Waals surface area contributed by atoms with E-state index in [1.54, 1.807) is 11.1 Å². The van der Waals surface area contributed by atoms with Crippen molar-refractivity contribution in [3.63, 3.8) is 0 Å². The van der Waals surface area contributed by atoms with E-state index in [2.05, 4.69) is 43.9 Å². The van der Waals surface area contributed by atoms with Gasteiger partial charge in [-0.2, -0.15) is 0 Å². The van der Waals surface area contributed by atoms with Crippen molar-refractivity contribution in [3.8, 4) is 0 Å². The molecule has 120 valence electrons. The van der Waals surface area contributed by atoms with E-state index in [0.29, 0.717) is 12.0 Å². The minimum absolute atomic E-state index is 0.291. The van der Waals surface area contributed by atoms with Gasteiger partial charge < -0.3 is 10.0 Å². The first kappa shape index (κ1) is 15.1. The number of nitrogens with zero attached hydrogens (tertiary/aromatic N) is 2. The molecule has 4 heteroatoms. The van der Waals surface area contributed by atoms with Crippen LogP contribution in [0.2, 0.25) is 0 Å². The maximum atomic E-state index is 9.09. The van der Waals surface area contributed by atoms with Crippen molar-refractivity contribution in [2.24, 2.45) is 0 Å². The number of fused-ring (bicyclic) bond motifs is 2. The van der Waals surface area contributed by atoms with Gasteiger partial charge in [-0.15, -0.1) is 0 Å². The van der Waals surface area contributed by atoms with E-state index in [4.69, 9.17) is 5.11 Å². The van der Waals surface area contributed by atoms with Crippen LogP contribution < -0.4 is 0 Å². The summed E-state index contributed by atoms with van der Waals surface area (Å²) in [7, 11) is 0. The van der Waals surface area contributed by atoms with Gasteiger partial charge in [0.2, 0.25) is 0 Å². The quantitative estimate of drug-likeness (QED) is 0.893. The SMILES string of the molecule is OCCN1CCC(N2Cc3ccc(Br)cc3C3(CC3)C2)CC1. The number of hydrogen-bond acceptors (Lipinski definition) is 3. The fourth-order valence-corrected chi connectivity index (χ4v) is 4.78. The molecule has 0 bridgehead atoms. The lowest BCUT2D eigenvalue weighted by atomic mass is 9.85. The lowest BCUT2D eigenvalue weighted by Crippen LogP contribution is -2.49. The molecule has 1 saturated carbocycles. The first-order chi connectivity index (χ1) is 10.7. The molecule has 1 spiro atoms. The maximum absolute atomic E-state index is 9.09. The maximum Gasteiger partial charge on any atom is 0.0558 e. The fraction of sp³-hybridized carbons (Fsp3) is 0.667. The average molecular weight is 365 g/mol. The first-order valence-corrected chi connectivity index (χ1v) is 9.36. The molecule has 3 aliphatic rings. The molecule has 1 aromatic carbocycles. The third-order valence-corrected chi connectivity index (χ3v) is 6.36. The molecule has 0 unspecified atom stereocenters. The second-order valence-electron chi connectivity index (χ2n) is 7.28. The summed E-state index contributed by atoms with van der Waals surface area (Å²) in [6.07, 6.45) is 5.22. The number of hydrogen-bond donors (Lipinski definition) is 1. The van der Waals surface area contributed by atoms with Gasteiger partial charge in [0, 0.05) is 35.6 Å². The number of piperidine rings is 1. The van der Waals surface area contributed by atoms with E-state index in [0.717, 1.165) is 32.2 Å². The van der Waals surface area contributed by atoms with Crippen LogP contribution in [0, 0.1) is 0 Å². The Hall–Kier alpha value is -0.420. The molecular formula is C18H25BrN2O. The summed E-state index contributed by atoms with van der Waals surface area (Å²) in [5.41, 5.74) is 3.61. The largest absolute Gasteiger partial charge is 0.395 e. The Morgan fingerprint density at radius 2 is 2.00 bits per heavy atom. The zero-order chi connectivity index (χ0) is 15.2. The molecule has 2 heterocycles. The summed E-state index contributed by atoms with van der Waals surface area (Å²) < 4.78 is 1.23. The molecular weight excluding hydrogens is 340 g/mol. The lowest BCUT2D eigenvalue weighted by Gasteiger charge is -2.43. The van der Waals surface area contributed by atoms with Crippen LogP contribution in [-0.2, 0) is 12.0 Å². The molecule has 4 rings (SSSR count). The Morgan fingerprint density at radius 3 is 2.68 bits per heavy atom. The molecule has 0 amide bonds. The van der Waals surface area contributed by atoms with Crippen LogP contribution in [0.4, 0.5) is 0 Å². The van der Waals surface area contributed by atoms with Crippen molar-refractivity contribution in [2.75, 3.05) is 32.8 Å². The van der Waals surface area contributed by atoms with Gasteiger partial charge in [-0.05, 0) is 62.0 Å².